The third-order valence-corrected chi connectivity index (χ3v) is 5.83. The second-order valence-electron chi connectivity index (χ2n) is 8.58. The lowest BCUT2D eigenvalue weighted by atomic mass is 9.91. The average molecular weight is 406 g/mol. The number of nitrogens with two attached hydrogens (primary N) is 1. The molecule has 0 saturated heterocycles. The van der Waals surface area contributed by atoms with Crippen molar-refractivity contribution in [3.05, 3.63) is 36.4 Å². The Morgan fingerprint density at radius 3 is 2.50 bits per heavy atom. The Morgan fingerprint density at radius 2 is 1.83 bits per heavy atom. The van der Waals surface area contributed by atoms with Gasteiger partial charge >= 0.3 is 0 Å². The number of nitrogens with zero attached hydrogens (tertiary/aromatic N) is 6. The van der Waals surface area contributed by atoms with Gasteiger partial charge in [-0.3, -0.25) is 0 Å². The number of rotatable bonds is 2. The summed E-state index contributed by atoms with van der Waals surface area (Å²) in [5.74, 6) is 2.25. The average Bonchev–Trinajstić information content (AvgIpc) is 3.28. The van der Waals surface area contributed by atoms with Gasteiger partial charge in [-0.05, 0) is 44.9 Å². The molecule has 5 rings (SSSR count). The van der Waals surface area contributed by atoms with Gasteiger partial charge in [-0.25, -0.2) is 19.5 Å². The van der Waals surface area contributed by atoms with Gasteiger partial charge in [-0.2, -0.15) is 0 Å². The smallest absolute Gasteiger partial charge is 0.238 e. The number of hydrogen-bond acceptors (Lipinski definition) is 5. The minimum absolute atomic E-state index is 0.247. The molecule has 0 spiro atoms. The van der Waals surface area contributed by atoms with E-state index in [2.05, 4.69) is 40.4 Å². The van der Waals surface area contributed by atoms with Gasteiger partial charge in [0.1, 0.15) is 11.3 Å². The van der Waals surface area contributed by atoms with Crippen LogP contribution in [-0.4, -0.2) is 29.1 Å². The molecule has 0 bridgehead atoms. The fraction of sp³-hybridized carbons (Fsp3) is 0.478. The van der Waals surface area contributed by atoms with Gasteiger partial charge in [0.2, 0.25) is 5.95 Å². The van der Waals surface area contributed by atoms with Crippen LogP contribution in [0.3, 0.4) is 0 Å². The topological polar surface area (TPSA) is 86.9 Å². The summed E-state index contributed by atoms with van der Waals surface area (Å²) in [7, 11) is 0. The van der Waals surface area contributed by atoms with Crippen LogP contribution in [0.1, 0.15) is 64.7 Å². The number of nitrogen functional groups attached to an aromatic ring is 1. The minimum Gasteiger partial charge on any atom is -0.367 e. The molecular weight excluding hydrogens is 374 g/mol. The lowest BCUT2D eigenvalue weighted by Gasteiger charge is -2.15. The molecule has 1 fully saturated rings. The quantitative estimate of drug-likeness (QED) is 0.495. The van der Waals surface area contributed by atoms with Crippen LogP contribution in [0.25, 0.3) is 27.9 Å². The first-order chi connectivity index (χ1) is 14.4. The Hall–Kier alpha value is -2.96. The van der Waals surface area contributed by atoms with Crippen molar-refractivity contribution in [2.45, 2.75) is 65.8 Å². The molecule has 4 aromatic heterocycles. The van der Waals surface area contributed by atoms with E-state index >= 15 is 0 Å². The Bertz CT molecular complexity index is 1150. The molecule has 0 aliphatic heterocycles. The molecule has 4 aromatic rings. The normalized spacial score (nSPS) is 15.0. The SMILES string of the molecule is CC1CCCCC1.Cc1nc2ccc(-c3ccn4nc(N)ncc34)nc2n1C(C)C. The molecule has 0 atom stereocenters. The maximum Gasteiger partial charge on any atom is 0.238 e. The number of fused-ring (bicyclic) bond motifs is 2. The minimum atomic E-state index is 0.247. The Kier molecular flexibility index (Phi) is 5.70. The van der Waals surface area contributed by atoms with E-state index in [4.69, 9.17) is 10.7 Å². The lowest BCUT2D eigenvalue weighted by molar-refractivity contribution is 0.385. The standard InChI is InChI=1S/C16H17N7.C7H14/c1-9(2)23-10(3)19-13-5-4-12(20-15(13)23)11-6-7-22-14(11)8-18-16(17)21-22;1-7-5-3-2-4-6-7/h4-9H,1-3H3,(H2,17,21);7H,2-6H2,1H3. The Balaban J connectivity index is 0.000000265. The second kappa shape index (κ2) is 8.42. The first-order valence-electron chi connectivity index (χ1n) is 10.9. The van der Waals surface area contributed by atoms with Gasteiger partial charge in [0, 0.05) is 17.8 Å². The van der Waals surface area contributed by atoms with Crippen molar-refractivity contribution in [3.8, 4) is 11.3 Å². The van der Waals surface area contributed by atoms with Crippen LogP contribution >= 0.6 is 0 Å². The summed E-state index contributed by atoms with van der Waals surface area (Å²) in [6, 6.07) is 6.26. The predicted octanol–water partition coefficient (Wildman–Crippen LogP) is 5.20. The second-order valence-corrected chi connectivity index (χ2v) is 8.58. The first kappa shape index (κ1) is 20.3. The highest BCUT2D eigenvalue weighted by molar-refractivity contribution is 5.82. The van der Waals surface area contributed by atoms with Gasteiger partial charge in [0.15, 0.2) is 5.65 Å². The molecule has 7 nitrogen and oxygen atoms in total. The van der Waals surface area contributed by atoms with Crippen LogP contribution in [-0.2, 0) is 0 Å². The molecule has 0 radical (unpaired) electrons. The summed E-state index contributed by atoms with van der Waals surface area (Å²) in [4.78, 5) is 13.5. The Labute approximate surface area is 177 Å². The van der Waals surface area contributed by atoms with E-state index in [1.807, 2.05) is 31.3 Å². The molecule has 2 N–H and O–H groups in total. The first-order valence-corrected chi connectivity index (χ1v) is 10.9. The van der Waals surface area contributed by atoms with E-state index in [0.29, 0.717) is 6.04 Å². The van der Waals surface area contributed by atoms with Gasteiger partial charge < -0.3 is 10.3 Å². The maximum atomic E-state index is 5.63. The third kappa shape index (κ3) is 4.01. The molecule has 0 aromatic carbocycles. The number of anilines is 1. The van der Waals surface area contributed by atoms with Crippen LogP contribution in [0.2, 0.25) is 0 Å². The van der Waals surface area contributed by atoms with Crippen LogP contribution in [0, 0.1) is 12.8 Å². The van der Waals surface area contributed by atoms with Crippen LogP contribution in [0.15, 0.2) is 30.6 Å². The van der Waals surface area contributed by atoms with Crippen molar-refractivity contribution < 1.29 is 0 Å². The molecule has 1 saturated carbocycles. The molecule has 4 heterocycles. The van der Waals surface area contributed by atoms with E-state index in [1.165, 1.54) is 32.1 Å². The summed E-state index contributed by atoms with van der Waals surface area (Å²) in [6.45, 7) is 8.63. The highest BCUT2D eigenvalue weighted by atomic mass is 15.3. The summed E-state index contributed by atoms with van der Waals surface area (Å²) < 4.78 is 3.86. The summed E-state index contributed by atoms with van der Waals surface area (Å²) in [5, 5.41) is 4.17. The monoisotopic (exact) mass is 405 g/mol. The van der Waals surface area contributed by atoms with Crippen molar-refractivity contribution in [1.29, 1.82) is 0 Å². The van der Waals surface area contributed by atoms with Crippen molar-refractivity contribution in [3.63, 3.8) is 0 Å². The largest absolute Gasteiger partial charge is 0.367 e. The van der Waals surface area contributed by atoms with Crippen LogP contribution in [0.5, 0.6) is 0 Å². The van der Waals surface area contributed by atoms with E-state index in [1.54, 1.807) is 10.7 Å². The zero-order valence-electron chi connectivity index (χ0n) is 18.3. The molecule has 158 valence electrons. The van der Waals surface area contributed by atoms with E-state index < -0.39 is 0 Å². The zero-order chi connectivity index (χ0) is 21.3. The van der Waals surface area contributed by atoms with E-state index in [0.717, 1.165) is 39.7 Å². The highest BCUT2D eigenvalue weighted by Gasteiger charge is 2.14. The summed E-state index contributed by atoms with van der Waals surface area (Å²) >= 11 is 0. The fourth-order valence-corrected chi connectivity index (χ4v) is 4.29. The van der Waals surface area contributed by atoms with Crippen molar-refractivity contribution >= 4 is 22.6 Å². The van der Waals surface area contributed by atoms with Gasteiger partial charge in [-0.15, -0.1) is 5.10 Å². The Morgan fingerprint density at radius 1 is 1.07 bits per heavy atom. The molecule has 30 heavy (non-hydrogen) atoms. The van der Waals surface area contributed by atoms with Gasteiger partial charge in [-0.1, -0.05) is 39.0 Å². The number of aromatic nitrogens is 6. The van der Waals surface area contributed by atoms with Crippen molar-refractivity contribution in [2.75, 3.05) is 5.73 Å². The molecule has 7 heteroatoms. The van der Waals surface area contributed by atoms with E-state index in [9.17, 15) is 0 Å². The maximum absolute atomic E-state index is 5.63. The van der Waals surface area contributed by atoms with Crippen molar-refractivity contribution in [2.24, 2.45) is 5.92 Å². The molecule has 1 aliphatic rings. The van der Waals surface area contributed by atoms with Crippen LogP contribution < -0.4 is 5.73 Å². The summed E-state index contributed by atoms with van der Waals surface area (Å²) in [5.41, 5.74) is 10.1. The fourth-order valence-electron chi connectivity index (χ4n) is 4.29. The van der Waals surface area contributed by atoms with Crippen molar-refractivity contribution in [1.82, 2.24) is 29.1 Å². The van der Waals surface area contributed by atoms with E-state index in [-0.39, 0.29) is 5.95 Å². The summed E-state index contributed by atoms with van der Waals surface area (Å²) in [6.07, 6.45) is 11.0. The number of pyridine rings is 1. The zero-order valence-corrected chi connectivity index (χ0v) is 18.3. The predicted molar refractivity (Wildman–Crippen MR) is 121 cm³/mol. The molecule has 1 aliphatic carbocycles. The van der Waals surface area contributed by atoms with Gasteiger partial charge in [0.25, 0.3) is 0 Å². The highest BCUT2D eigenvalue weighted by Crippen LogP contribution is 2.27. The third-order valence-electron chi connectivity index (χ3n) is 5.83. The number of hydrogen-bond donors (Lipinski definition) is 1. The lowest BCUT2D eigenvalue weighted by Crippen LogP contribution is -2.04. The van der Waals surface area contributed by atoms with Gasteiger partial charge in [0.05, 0.1) is 17.4 Å². The van der Waals surface area contributed by atoms with Crippen LogP contribution in [0.4, 0.5) is 5.95 Å². The molecular formula is C23H31N7. The molecule has 0 amide bonds. The number of imidazole rings is 1. The number of aryl methyl sites for hydroxylation is 1. The molecule has 0 unspecified atom stereocenters.